The van der Waals surface area contributed by atoms with Crippen LogP contribution in [0.4, 0.5) is 23.5 Å². The predicted molar refractivity (Wildman–Crippen MR) is 102 cm³/mol. The number of hydrogen-bond acceptors (Lipinski definition) is 5. The predicted octanol–water partition coefficient (Wildman–Crippen LogP) is 3.39. The smallest absolute Gasteiger partial charge is 0.481 e. The summed E-state index contributed by atoms with van der Waals surface area (Å²) in [6.07, 6.45) is 0.130. The normalized spacial score (nSPS) is 16.2. The fraction of sp³-hybridized carbons (Fsp3) is 0.350. The molecule has 1 unspecified atom stereocenters. The number of halogens is 4. The van der Waals surface area contributed by atoms with E-state index in [9.17, 15) is 27.5 Å². The Morgan fingerprint density at radius 2 is 2.06 bits per heavy atom. The first kappa shape index (κ1) is 20.9. The zero-order valence-corrected chi connectivity index (χ0v) is 16.4. The number of ether oxygens (including phenoxy) is 1. The third-order valence-corrected chi connectivity index (χ3v) is 5.43. The van der Waals surface area contributed by atoms with Gasteiger partial charge in [0.1, 0.15) is 5.75 Å². The molecule has 7 nitrogen and oxygen atoms in total. The van der Waals surface area contributed by atoms with Gasteiger partial charge >= 0.3 is 12.3 Å². The highest BCUT2D eigenvalue weighted by molar-refractivity contribution is 5.77. The Balaban J connectivity index is 1.72. The number of hydrogen-bond donors (Lipinski definition) is 1. The monoisotopic (exact) mass is 438 g/mol. The van der Waals surface area contributed by atoms with Crippen LogP contribution < -0.4 is 9.64 Å². The molecule has 3 aromatic heterocycles. The topological polar surface area (TPSA) is 80.0 Å². The SMILES string of the molecule is CN(c1ncc(F)cn1)C1CCc2c(CC(=O)O)c3cc(OC(F)(F)F)ccn3c2C1. The number of likely N-dealkylation sites (N-methyl/N-ethyl adjacent to an activating group) is 1. The molecule has 3 heterocycles. The summed E-state index contributed by atoms with van der Waals surface area (Å²) in [5, 5.41) is 9.34. The molecule has 0 radical (unpaired) electrons. The molecule has 0 fully saturated rings. The van der Waals surface area contributed by atoms with E-state index in [0.29, 0.717) is 36.3 Å². The quantitative estimate of drug-likeness (QED) is 0.616. The van der Waals surface area contributed by atoms with Crippen molar-refractivity contribution < 1.29 is 32.2 Å². The summed E-state index contributed by atoms with van der Waals surface area (Å²) in [6, 6.07) is 2.35. The molecule has 0 saturated heterocycles. The van der Waals surface area contributed by atoms with Gasteiger partial charge in [0.15, 0.2) is 5.82 Å². The highest BCUT2D eigenvalue weighted by Crippen LogP contribution is 2.35. The van der Waals surface area contributed by atoms with E-state index in [0.717, 1.165) is 23.7 Å². The number of nitrogens with zero attached hydrogens (tertiary/aromatic N) is 4. The molecular formula is C20H18F4N4O3. The second kappa shape index (κ2) is 7.71. The van der Waals surface area contributed by atoms with Crippen LogP contribution in [0.1, 0.15) is 23.2 Å². The molecule has 0 saturated carbocycles. The molecule has 11 heteroatoms. The van der Waals surface area contributed by atoms with E-state index >= 15 is 0 Å². The Labute approximate surface area is 173 Å². The fourth-order valence-electron chi connectivity index (χ4n) is 4.10. The van der Waals surface area contributed by atoms with Crippen LogP contribution in [0.25, 0.3) is 5.52 Å². The molecule has 0 bridgehead atoms. The molecule has 1 aliphatic rings. The minimum Gasteiger partial charge on any atom is -0.481 e. The molecule has 1 N–H and O–H groups in total. The van der Waals surface area contributed by atoms with Crippen LogP contribution in [0.5, 0.6) is 5.75 Å². The maximum atomic E-state index is 13.1. The van der Waals surface area contributed by atoms with E-state index in [1.54, 1.807) is 11.4 Å². The van der Waals surface area contributed by atoms with Gasteiger partial charge in [-0.3, -0.25) is 4.79 Å². The molecule has 1 atom stereocenters. The molecule has 1 aliphatic carbocycles. The molecule has 3 aromatic rings. The maximum absolute atomic E-state index is 13.1. The van der Waals surface area contributed by atoms with E-state index in [4.69, 9.17) is 0 Å². The lowest BCUT2D eigenvalue weighted by atomic mass is 9.89. The van der Waals surface area contributed by atoms with Crippen molar-refractivity contribution in [3.05, 3.63) is 53.4 Å². The molecule has 0 aliphatic heterocycles. The average Bonchev–Trinajstić information content (AvgIpc) is 2.99. The summed E-state index contributed by atoms with van der Waals surface area (Å²) in [7, 11) is 1.78. The summed E-state index contributed by atoms with van der Waals surface area (Å²) < 4.78 is 56.8. The summed E-state index contributed by atoms with van der Waals surface area (Å²) in [5.74, 6) is -1.68. The van der Waals surface area contributed by atoms with E-state index in [1.165, 1.54) is 18.3 Å². The van der Waals surface area contributed by atoms with E-state index in [1.807, 2.05) is 4.90 Å². The van der Waals surface area contributed by atoms with Crippen LogP contribution >= 0.6 is 0 Å². The average molecular weight is 438 g/mol. The molecule has 31 heavy (non-hydrogen) atoms. The first-order valence-electron chi connectivity index (χ1n) is 9.45. The number of alkyl halides is 3. The van der Waals surface area contributed by atoms with Crippen molar-refractivity contribution in [1.29, 1.82) is 0 Å². The van der Waals surface area contributed by atoms with Crippen LogP contribution in [-0.2, 0) is 24.1 Å². The number of carboxylic acid groups (broad SMARTS) is 1. The van der Waals surface area contributed by atoms with Gasteiger partial charge in [0.25, 0.3) is 0 Å². The van der Waals surface area contributed by atoms with Gasteiger partial charge in [0.05, 0.1) is 24.3 Å². The Kier molecular flexibility index (Phi) is 5.19. The minimum absolute atomic E-state index is 0.0557. The summed E-state index contributed by atoms with van der Waals surface area (Å²) in [4.78, 5) is 21.2. The lowest BCUT2D eigenvalue weighted by Crippen LogP contribution is -2.38. The number of rotatable bonds is 5. The van der Waals surface area contributed by atoms with Crippen molar-refractivity contribution in [3.8, 4) is 5.75 Å². The highest BCUT2D eigenvalue weighted by atomic mass is 19.4. The van der Waals surface area contributed by atoms with Gasteiger partial charge in [0.2, 0.25) is 5.95 Å². The number of pyridine rings is 1. The van der Waals surface area contributed by atoms with Crippen molar-refractivity contribution in [3.63, 3.8) is 0 Å². The molecule has 164 valence electrons. The van der Waals surface area contributed by atoms with Crippen molar-refractivity contribution >= 4 is 17.4 Å². The van der Waals surface area contributed by atoms with Gasteiger partial charge in [0, 0.05) is 37.5 Å². The second-order valence-electron chi connectivity index (χ2n) is 7.35. The highest BCUT2D eigenvalue weighted by Gasteiger charge is 2.33. The van der Waals surface area contributed by atoms with Crippen LogP contribution in [0, 0.1) is 5.82 Å². The van der Waals surface area contributed by atoms with Crippen LogP contribution in [0.2, 0.25) is 0 Å². The number of aromatic nitrogens is 3. The zero-order valence-electron chi connectivity index (χ0n) is 16.4. The number of fused-ring (bicyclic) bond motifs is 3. The van der Waals surface area contributed by atoms with Crippen LogP contribution in [0.3, 0.4) is 0 Å². The molecule has 0 aromatic carbocycles. The number of carbonyl (C=O) groups is 1. The number of aliphatic carboxylic acids is 1. The van der Waals surface area contributed by atoms with Crippen LogP contribution in [0.15, 0.2) is 30.7 Å². The lowest BCUT2D eigenvalue weighted by Gasteiger charge is -2.31. The first-order valence-corrected chi connectivity index (χ1v) is 9.45. The maximum Gasteiger partial charge on any atom is 0.573 e. The van der Waals surface area contributed by atoms with Crippen molar-refractivity contribution in [1.82, 2.24) is 14.4 Å². The Bertz CT molecular complexity index is 1130. The number of carboxylic acids is 1. The van der Waals surface area contributed by atoms with Crippen molar-refractivity contribution in [2.75, 3.05) is 11.9 Å². The molecule has 0 spiro atoms. The largest absolute Gasteiger partial charge is 0.573 e. The standard InChI is InChI=1S/C20H18F4N4O3/c1-27(19-25-9-11(21)10-26-19)12-2-3-14-15(8-18(29)30)17-7-13(31-20(22,23)24)4-5-28(17)16(14)6-12/h4-5,7,9-10,12H,2-3,6,8H2,1H3,(H,29,30). The Morgan fingerprint density at radius 1 is 1.35 bits per heavy atom. The van der Waals surface area contributed by atoms with E-state index < -0.39 is 23.9 Å². The van der Waals surface area contributed by atoms with Crippen molar-refractivity contribution in [2.45, 2.75) is 38.1 Å². The van der Waals surface area contributed by atoms with Gasteiger partial charge in [-0.15, -0.1) is 13.2 Å². The number of anilines is 1. The van der Waals surface area contributed by atoms with Gasteiger partial charge in [-0.2, -0.15) is 0 Å². The van der Waals surface area contributed by atoms with E-state index in [2.05, 4.69) is 14.7 Å². The molecule has 0 amide bonds. The molecule has 4 rings (SSSR count). The molecular weight excluding hydrogens is 420 g/mol. The minimum atomic E-state index is -4.85. The van der Waals surface area contributed by atoms with Gasteiger partial charge < -0.3 is 19.1 Å². The Morgan fingerprint density at radius 3 is 2.71 bits per heavy atom. The third kappa shape index (κ3) is 4.25. The summed E-state index contributed by atoms with van der Waals surface area (Å²) in [6.45, 7) is 0. The summed E-state index contributed by atoms with van der Waals surface area (Å²) in [5.41, 5.74) is 2.48. The summed E-state index contributed by atoms with van der Waals surface area (Å²) >= 11 is 0. The van der Waals surface area contributed by atoms with Crippen LogP contribution in [-0.4, -0.2) is 44.9 Å². The van der Waals surface area contributed by atoms with Crippen molar-refractivity contribution in [2.24, 2.45) is 0 Å². The Hall–Kier alpha value is -3.37. The van der Waals surface area contributed by atoms with Gasteiger partial charge in [-0.1, -0.05) is 0 Å². The fourth-order valence-corrected chi connectivity index (χ4v) is 4.10. The van der Waals surface area contributed by atoms with E-state index in [-0.39, 0.29) is 12.5 Å². The third-order valence-electron chi connectivity index (χ3n) is 5.43. The lowest BCUT2D eigenvalue weighted by molar-refractivity contribution is -0.274. The first-order chi connectivity index (χ1) is 14.6. The second-order valence-corrected chi connectivity index (χ2v) is 7.35. The zero-order chi connectivity index (χ0) is 22.3. The van der Waals surface area contributed by atoms with Gasteiger partial charge in [-0.05, 0) is 30.0 Å². The van der Waals surface area contributed by atoms with Gasteiger partial charge in [-0.25, -0.2) is 14.4 Å².